The van der Waals surface area contributed by atoms with E-state index in [1.165, 1.54) is 5.52 Å². The summed E-state index contributed by atoms with van der Waals surface area (Å²) in [4.78, 5) is 0. The Morgan fingerprint density at radius 1 is 1.31 bits per heavy atom. The summed E-state index contributed by atoms with van der Waals surface area (Å²) in [5, 5.41) is 1.12. The normalized spacial score (nSPS) is 11.4. The zero-order valence-electron chi connectivity index (χ0n) is 9.81. The molecule has 0 saturated carbocycles. The molecular weight excluding hydrogens is 200 g/mol. The highest BCUT2D eigenvalue weighted by Crippen LogP contribution is 2.21. The average molecular weight is 218 g/mol. The van der Waals surface area contributed by atoms with Gasteiger partial charge in [-0.15, -0.1) is 0 Å². The summed E-state index contributed by atoms with van der Waals surface area (Å²) in [6.45, 7) is 5.69. The molecule has 0 saturated heterocycles. The summed E-state index contributed by atoms with van der Waals surface area (Å²) < 4.78 is 7.72. The minimum Gasteiger partial charge on any atom is -0.398 e. The second kappa shape index (κ2) is 4.58. The lowest BCUT2D eigenvalue weighted by Crippen LogP contribution is -2.09. The lowest BCUT2D eigenvalue weighted by Gasteiger charge is -2.09. The van der Waals surface area contributed by atoms with Crippen molar-refractivity contribution in [2.24, 2.45) is 0 Å². The van der Waals surface area contributed by atoms with Crippen LogP contribution in [0.15, 0.2) is 30.5 Å². The Labute approximate surface area is 95.8 Å². The van der Waals surface area contributed by atoms with Crippen molar-refractivity contribution in [1.29, 1.82) is 0 Å². The molecule has 2 rings (SSSR count). The number of nitrogens with zero attached hydrogens (tertiary/aromatic N) is 1. The number of ether oxygens (including phenoxy) is 1. The zero-order chi connectivity index (χ0) is 11.5. The summed E-state index contributed by atoms with van der Waals surface area (Å²) in [6.07, 6.45) is 2.34. The topological polar surface area (TPSA) is 40.2 Å². The zero-order valence-corrected chi connectivity index (χ0v) is 9.81. The van der Waals surface area contributed by atoms with Crippen LogP contribution in [0.2, 0.25) is 0 Å². The molecule has 2 aromatic rings. The van der Waals surface area contributed by atoms with E-state index in [2.05, 4.69) is 22.9 Å². The van der Waals surface area contributed by atoms with Crippen molar-refractivity contribution < 1.29 is 4.74 Å². The molecule has 3 heteroatoms. The van der Waals surface area contributed by atoms with Crippen molar-refractivity contribution >= 4 is 16.6 Å². The Balaban J connectivity index is 2.16. The van der Waals surface area contributed by atoms with Gasteiger partial charge < -0.3 is 15.0 Å². The van der Waals surface area contributed by atoms with E-state index in [1.807, 2.05) is 26.0 Å². The minimum absolute atomic E-state index is 0.284. The molecule has 1 aromatic carbocycles. The van der Waals surface area contributed by atoms with Crippen molar-refractivity contribution in [1.82, 2.24) is 4.57 Å². The Morgan fingerprint density at radius 3 is 2.88 bits per heavy atom. The van der Waals surface area contributed by atoms with Gasteiger partial charge in [0.25, 0.3) is 0 Å². The maximum atomic E-state index is 5.90. The molecule has 1 aromatic heterocycles. The fraction of sp³-hybridized carbons (Fsp3) is 0.385. The summed E-state index contributed by atoms with van der Waals surface area (Å²) in [5.41, 5.74) is 7.91. The van der Waals surface area contributed by atoms with Crippen LogP contribution in [-0.2, 0) is 11.3 Å². The highest BCUT2D eigenvalue weighted by molar-refractivity contribution is 5.91. The third kappa shape index (κ3) is 2.19. The maximum absolute atomic E-state index is 5.90. The van der Waals surface area contributed by atoms with E-state index in [4.69, 9.17) is 10.5 Å². The Hall–Kier alpha value is -1.48. The molecule has 0 aliphatic heterocycles. The molecule has 0 bridgehead atoms. The second-order valence-corrected chi connectivity index (χ2v) is 4.21. The molecule has 16 heavy (non-hydrogen) atoms. The molecule has 0 amide bonds. The molecule has 0 atom stereocenters. The van der Waals surface area contributed by atoms with E-state index in [9.17, 15) is 0 Å². The number of hydrogen-bond acceptors (Lipinski definition) is 2. The van der Waals surface area contributed by atoms with Crippen LogP contribution in [0.5, 0.6) is 0 Å². The van der Waals surface area contributed by atoms with Crippen molar-refractivity contribution in [3.8, 4) is 0 Å². The van der Waals surface area contributed by atoms with Gasteiger partial charge in [-0.3, -0.25) is 0 Å². The molecule has 0 aliphatic rings. The quantitative estimate of drug-likeness (QED) is 0.801. The number of benzene rings is 1. The Bertz CT molecular complexity index is 474. The molecule has 0 unspecified atom stereocenters. The molecule has 3 nitrogen and oxygen atoms in total. The average Bonchev–Trinajstić information content (AvgIpc) is 2.63. The van der Waals surface area contributed by atoms with Gasteiger partial charge in [0.1, 0.15) is 0 Å². The van der Waals surface area contributed by atoms with Crippen LogP contribution in [0.4, 0.5) is 5.69 Å². The molecule has 0 radical (unpaired) electrons. The lowest BCUT2D eigenvalue weighted by molar-refractivity contribution is 0.0733. The van der Waals surface area contributed by atoms with Crippen molar-refractivity contribution in [2.75, 3.05) is 12.3 Å². The van der Waals surface area contributed by atoms with E-state index in [0.717, 1.165) is 24.2 Å². The van der Waals surface area contributed by atoms with Crippen molar-refractivity contribution in [3.63, 3.8) is 0 Å². The Kier molecular flexibility index (Phi) is 3.15. The van der Waals surface area contributed by atoms with Crippen LogP contribution in [0, 0.1) is 0 Å². The van der Waals surface area contributed by atoms with Crippen LogP contribution in [0.3, 0.4) is 0 Å². The van der Waals surface area contributed by atoms with Crippen molar-refractivity contribution in [2.45, 2.75) is 26.5 Å². The predicted octanol–water partition coefficient (Wildman–Crippen LogP) is 2.65. The number of aromatic nitrogens is 1. The van der Waals surface area contributed by atoms with Gasteiger partial charge in [0.2, 0.25) is 0 Å². The highest BCUT2D eigenvalue weighted by atomic mass is 16.5. The first-order chi connectivity index (χ1) is 7.68. The van der Waals surface area contributed by atoms with Gasteiger partial charge in [-0.2, -0.15) is 0 Å². The van der Waals surface area contributed by atoms with Gasteiger partial charge in [0, 0.05) is 23.8 Å². The first-order valence-corrected chi connectivity index (χ1v) is 5.63. The molecule has 0 spiro atoms. The molecule has 86 valence electrons. The van der Waals surface area contributed by atoms with Crippen LogP contribution in [0.1, 0.15) is 13.8 Å². The first-order valence-electron chi connectivity index (χ1n) is 5.63. The number of nitrogen functional groups attached to an aromatic ring is 1. The van der Waals surface area contributed by atoms with E-state index in [1.54, 1.807) is 0 Å². The van der Waals surface area contributed by atoms with Crippen molar-refractivity contribution in [3.05, 3.63) is 30.5 Å². The fourth-order valence-corrected chi connectivity index (χ4v) is 1.83. The third-order valence-corrected chi connectivity index (χ3v) is 2.63. The van der Waals surface area contributed by atoms with Gasteiger partial charge in [-0.25, -0.2) is 0 Å². The third-order valence-electron chi connectivity index (χ3n) is 2.63. The molecule has 0 aliphatic carbocycles. The fourth-order valence-electron chi connectivity index (χ4n) is 1.83. The van der Waals surface area contributed by atoms with Gasteiger partial charge in [-0.1, -0.05) is 6.07 Å². The summed E-state index contributed by atoms with van der Waals surface area (Å²) in [7, 11) is 0. The number of anilines is 1. The largest absolute Gasteiger partial charge is 0.398 e. The maximum Gasteiger partial charge on any atom is 0.0649 e. The summed E-state index contributed by atoms with van der Waals surface area (Å²) >= 11 is 0. The molecule has 2 N–H and O–H groups in total. The number of nitrogens with two attached hydrogens (primary N) is 1. The van der Waals surface area contributed by atoms with Crippen LogP contribution >= 0.6 is 0 Å². The monoisotopic (exact) mass is 218 g/mol. The van der Waals surface area contributed by atoms with Gasteiger partial charge >= 0.3 is 0 Å². The van der Waals surface area contributed by atoms with Gasteiger partial charge in [0.15, 0.2) is 0 Å². The molecule has 1 heterocycles. The predicted molar refractivity (Wildman–Crippen MR) is 67.4 cm³/mol. The highest BCUT2D eigenvalue weighted by Gasteiger charge is 2.03. The standard InChI is InChI=1S/C13H18N2O/c1-10(2)16-9-8-15-7-6-11-12(14)4-3-5-13(11)15/h3-7,10H,8-9,14H2,1-2H3. The first kappa shape index (κ1) is 11.0. The van der Waals surface area contributed by atoms with Crippen LogP contribution in [0.25, 0.3) is 10.9 Å². The SMILES string of the molecule is CC(C)OCCn1ccc2c(N)cccc21. The summed E-state index contributed by atoms with van der Waals surface area (Å²) in [6, 6.07) is 8.05. The Morgan fingerprint density at radius 2 is 2.12 bits per heavy atom. The van der Waals surface area contributed by atoms with Gasteiger partial charge in [-0.05, 0) is 32.0 Å². The van der Waals surface area contributed by atoms with Crippen LogP contribution in [-0.4, -0.2) is 17.3 Å². The molecule has 0 fully saturated rings. The minimum atomic E-state index is 0.284. The lowest BCUT2D eigenvalue weighted by atomic mass is 10.2. The number of fused-ring (bicyclic) bond motifs is 1. The van der Waals surface area contributed by atoms with E-state index in [-0.39, 0.29) is 6.10 Å². The molecular formula is C13H18N2O. The van der Waals surface area contributed by atoms with E-state index < -0.39 is 0 Å². The van der Waals surface area contributed by atoms with Gasteiger partial charge in [0.05, 0.1) is 18.2 Å². The number of hydrogen-bond donors (Lipinski definition) is 1. The smallest absolute Gasteiger partial charge is 0.0649 e. The second-order valence-electron chi connectivity index (χ2n) is 4.21. The summed E-state index contributed by atoms with van der Waals surface area (Å²) in [5.74, 6) is 0. The van der Waals surface area contributed by atoms with E-state index in [0.29, 0.717) is 0 Å². The number of rotatable bonds is 4. The van der Waals surface area contributed by atoms with E-state index >= 15 is 0 Å². The van der Waals surface area contributed by atoms with Crippen LogP contribution < -0.4 is 5.73 Å².